The number of benzene rings is 2. The Balaban J connectivity index is 2.16. The molecule has 0 aliphatic rings. The van der Waals surface area contributed by atoms with Crippen LogP contribution < -0.4 is 16.0 Å². The molecule has 16 nitrogen and oxygen atoms in total. The topological polar surface area (TPSA) is 225 Å². The zero-order valence-corrected chi connectivity index (χ0v) is 52.9. The summed E-state index contributed by atoms with van der Waals surface area (Å²) in [6.45, 7) is 7.93. The smallest absolute Gasteiger partial charge is 0.462 e. The van der Waals surface area contributed by atoms with Gasteiger partial charge in [0.25, 0.3) is 0 Å². The van der Waals surface area contributed by atoms with Gasteiger partial charge in [-0.1, -0.05) is 255 Å². The van der Waals surface area contributed by atoms with Crippen molar-refractivity contribution >= 4 is 39.3 Å². The van der Waals surface area contributed by atoms with Crippen molar-refractivity contribution in [3.63, 3.8) is 0 Å². The number of nitrogens with one attached hydrogen (secondary N) is 3. The number of ether oxygens (including phenoxy) is 1. The summed E-state index contributed by atoms with van der Waals surface area (Å²) in [5.74, 6) is -1.58. The summed E-state index contributed by atoms with van der Waals surface area (Å²) < 4.78 is 54.4. The molecule has 0 spiro atoms. The monoisotopic (exact) mass is 1190 g/mol. The van der Waals surface area contributed by atoms with Crippen molar-refractivity contribution in [3.05, 3.63) is 71.8 Å². The van der Waals surface area contributed by atoms with Gasteiger partial charge in [-0.2, -0.15) is 0 Å². The minimum atomic E-state index is -4.89. The van der Waals surface area contributed by atoms with Crippen molar-refractivity contribution in [3.8, 4) is 0 Å². The Morgan fingerprint density at radius 2 is 0.951 bits per heavy atom. The fraction of sp³-hybridized carbons (Fsp3) is 0.750. The van der Waals surface area contributed by atoms with E-state index in [4.69, 9.17) is 22.8 Å². The second-order valence-corrected chi connectivity index (χ2v) is 25.5. The van der Waals surface area contributed by atoms with Crippen LogP contribution in [0.15, 0.2) is 60.7 Å². The highest BCUT2D eigenvalue weighted by Crippen LogP contribution is 2.51. The quantitative estimate of drug-likeness (QED) is 0.0236. The third kappa shape index (κ3) is 42.4. The Hall–Kier alpha value is -3.46. The molecule has 3 amide bonds. The molecule has 2 aromatic carbocycles. The summed E-state index contributed by atoms with van der Waals surface area (Å²) in [5.41, 5.74) is 1.52. The molecule has 2 aromatic rings. The Morgan fingerprint density at radius 1 is 0.500 bits per heavy atom. The lowest BCUT2D eigenvalue weighted by molar-refractivity contribution is -0.151. The summed E-state index contributed by atoms with van der Waals surface area (Å²) in [6, 6.07) is 16.5. The van der Waals surface area contributed by atoms with Crippen LogP contribution in [0.1, 0.15) is 264 Å². The molecule has 18 heteroatoms. The minimum Gasteiger partial charge on any atom is -0.462 e. The Labute approximate surface area is 495 Å². The predicted molar refractivity (Wildman–Crippen MR) is 329 cm³/mol. The van der Waals surface area contributed by atoms with E-state index in [0.717, 1.165) is 75.3 Å². The van der Waals surface area contributed by atoms with Gasteiger partial charge in [0.1, 0.15) is 12.1 Å². The first-order valence-electron chi connectivity index (χ1n) is 32.0. The van der Waals surface area contributed by atoms with Gasteiger partial charge >= 0.3 is 21.6 Å². The van der Waals surface area contributed by atoms with Crippen molar-refractivity contribution in [2.75, 3.05) is 19.8 Å². The molecule has 0 aromatic heterocycles. The van der Waals surface area contributed by atoms with Crippen LogP contribution >= 0.6 is 15.6 Å². The maximum Gasteiger partial charge on any atom is 0.475 e. The van der Waals surface area contributed by atoms with Gasteiger partial charge in [-0.25, -0.2) is 9.13 Å². The molecule has 82 heavy (non-hydrogen) atoms. The molecule has 0 aliphatic carbocycles. The van der Waals surface area contributed by atoms with E-state index in [1.165, 1.54) is 109 Å². The van der Waals surface area contributed by atoms with Crippen LogP contribution in [0.2, 0.25) is 0 Å². The summed E-state index contributed by atoms with van der Waals surface area (Å²) >= 11 is 0. The van der Waals surface area contributed by atoms with Crippen molar-refractivity contribution in [1.29, 1.82) is 0 Å². The zero-order chi connectivity index (χ0) is 59.8. The highest BCUT2D eigenvalue weighted by molar-refractivity contribution is 7.48. The number of hydrogen-bond acceptors (Lipinski definition) is 11. The highest BCUT2D eigenvalue weighted by atomic mass is 31.2. The fourth-order valence-corrected chi connectivity index (χ4v) is 11.4. The van der Waals surface area contributed by atoms with E-state index in [1.807, 2.05) is 60.7 Å². The lowest BCUT2D eigenvalue weighted by atomic mass is 9.98. The number of phosphoric ester groups is 2. The number of unbranched alkanes of at least 4 members (excludes halogenated alkanes) is 24. The molecular formula is C64H111N3O13P2. The van der Waals surface area contributed by atoms with Crippen molar-refractivity contribution in [1.82, 2.24) is 16.0 Å². The number of carbonyl (C=O) groups excluding carboxylic acids is 4. The fourth-order valence-electron chi connectivity index (χ4n) is 9.87. The molecule has 0 fully saturated rings. The van der Waals surface area contributed by atoms with E-state index < -0.39 is 52.3 Å². The number of esters is 1. The molecular weight excluding hydrogens is 1080 g/mol. The van der Waals surface area contributed by atoms with Crippen molar-refractivity contribution in [2.24, 2.45) is 5.92 Å². The Kier molecular flexibility index (Phi) is 44.4. The van der Waals surface area contributed by atoms with Gasteiger partial charge < -0.3 is 30.5 Å². The molecule has 4 atom stereocenters. The van der Waals surface area contributed by atoms with E-state index in [2.05, 4.69) is 43.6 Å². The van der Waals surface area contributed by atoms with Crippen LogP contribution in [0.5, 0.6) is 0 Å². The van der Waals surface area contributed by atoms with Crippen LogP contribution in [0.25, 0.3) is 0 Å². The lowest BCUT2D eigenvalue weighted by Gasteiger charge is -2.24. The summed E-state index contributed by atoms with van der Waals surface area (Å²) in [4.78, 5) is 73.3. The van der Waals surface area contributed by atoms with Gasteiger partial charge in [-0.15, -0.1) is 0 Å². The maximum atomic E-state index is 14.3. The van der Waals surface area contributed by atoms with Crippen LogP contribution in [0.3, 0.4) is 0 Å². The lowest BCUT2D eigenvalue weighted by Crippen LogP contribution is -2.48. The molecule has 0 heterocycles. The van der Waals surface area contributed by atoms with E-state index in [0.29, 0.717) is 19.3 Å². The van der Waals surface area contributed by atoms with Crippen LogP contribution in [0.4, 0.5) is 0 Å². The molecule has 0 radical (unpaired) electrons. The third-order valence-electron chi connectivity index (χ3n) is 14.8. The molecule has 0 aliphatic heterocycles. The normalized spacial score (nSPS) is 13.3. The summed E-state index contributed by atoms with van der Waals surface area (Å²) in [6.07, 6.45) is 32.3. The minimum absolute atomic E-state index is 0.0479. The molecule has 0 unspecified atom stereocenters. The molecule has 470 valence electrons. The van der Waals surface area contributed by atoms with Gasteiger partial charge in [0.2, 0.25) is 17.7 Å². The molecule has 0 saturated carbocycles. The Morgan fingerprint density at radius 3 is 1.44 bits per heavy atom. The first-order chi connectivity index (χ1) is 39.6. The second-order valence-electron chi connectivity index (χ2n) is 22.6. The number of phosphoric acid groups is 2. The standard InChI is InChI=1S/C64H111N3O13P2/c1-5-8-11-14-17-20-23-26-31-39-55(4)50-61(68)66-58(54-79-82(75,77-52-56-40-32-29-33-41-56)78-53-57-42-34-30-35-43-57)44-38-48-65-64(71)60(47-49-76-81(72,73)74)67-62(69)51-59(45-36-27-24-21-18-15-12-9-6-2)80-63(70)46-37-28-25-22-19-16-13-10-7-3/h29-30,32-35,40-43,55,58-60H,5-28,31,36-39,44-54H2,1-4H3,(H,65,71)(H,66,68)(H,67,69)(H2,72,73,74)/t55-,58-,59-,60+/m1/s1. The second kappa shape index (κ2) is 48.7. The van der Waals surface area contributed by atoms with Crippen LogP contribution in [-0.4, -0.2) is 71.4 Å². The first-order valence-corrected chi connectivity index (χ1v) is 35.0. The van der Waals surface area contributed by atoms with Gasteiger partial charge in [-0.05, 0) is 49.1 Å². The largest absolute Gasteiger partial charge is 0.475 e. The predicted octanol–water partition coefficient (Wildman–Crippen LogP) is 16.0. The zero-order valence-electron chi connectivity index (χ0n) is 51.1. The van der Waals surface area contributed by atoms with Crippen molar-refractivity contribution < 1.29 is 60.9 Å². The van der Waals surface area contributed by atoms with Gasteiger partial charge in [0, 0.05) is 25.8 Å². The average molecular weight is 1190 g/mol. The van der Waals surface area contributed by atoms with Gasteiger partial charge in [-0.3, -0.25) is 37.3 Å². The van der Waals surface area contributed by atoms with Crippen molar-refractivity contribution in [2.45, 2.75) is 284 Å². The summed E-state index contributed by atoms with van der Waals surface area (Å²) in [7, 11) is -9.11. The highest BCUT2D eigenvalue weighted by Gasteiger charge is 2.30. The maximum absolute atomic E-state index is 14.3. The molecule has 0 saturated heterocycles. The van der Waals surface area contributed by atoms with E-state index in [9.17, 15) is 38.1 Å². The molecule has 2 rings (SSSR count). The number of amides is 3. The SMILES string of the molecule is CCCCCCCCCCCC(=O)O[C@H](CCCCCCCCCCC)CC(=O)N[C@@H](CCOP(=O)(O)O)C(=O)NCCC[C@H](COP(=O)(OCc1ccccc1)OCc1ccccc1)NC(=O)C[C@H](C)CCCCCCCCCCC. The Bertz CT molecular complexity index is 1970. The third-order valence-corrected chi connectivity index (χ3v) is 16.6. The molecule has 0 bridgehead atoms. The number of rotatable bonds is 55. The van der Waals surface area contributed by atoms with Crippen LogP contribution in [-0.2, 0) is 64.4 Å². The van der Waals surface area contributed by atoms with E-state index >= 15 is 0 Å². The van der Waals surface area contributed by atoms with Crippen LogP contribution in [0, 0.1) is 5.92 Å². The van der Waals surface area contributed by atoms with E-state index in [1.54, 1.807) is 0 Å². The van der Waals surface area contributed by atoms with Gasteiger partial charge in [0.15, 0.2) is 0 Å². The molecule has 5 N–H and O–H groups in total. The number of carbonyl (C=O) groups is 4. The first kappa shape index (κ1) is 74.6. The summed E-state index contributed by atoms with van der Waals surface area (Å²) in [5, 5.41) is 8.64. The number of hydrogen-bond donors (Lipinski definition) is 5. The van der Waals surface area contributed by atoms with E-state index in [-0.39, 0.29) is 76.3 Å². The van der Waals surface area contributed by atoms with Gasteiger partial charge in [0.05, 0.1) is 38.9 Å². The average Bonchev–Trinajstić information content (AvgIpc) is 3.45.